The highest BCUT2D eigenvalue weighted by molar-refractivity contribution is 7.89. The molecule has 0 aromatic heterocycles. The van der Waals surface area contributed by atoms with E-state index >= 15 is 0 Å². The molecule has 0 saturated heterocycles. The van der Waals surface area contributed by atoms with Crippen molar-refractivity contribution in [2.24, 2.45) is 17.6 Å². The third kappa shape index (κ3) is 4.76. The fourth-order valence-corrected chi connectivity index (χ4v) is 4.09. The minimum atomic E-state index is -3.42. The first-order valence-electron chi connectivity index (χ1n) is 7.24. The van der Waals surface area contributed by atoms with Gasteiger partial charge in [0.1, 0.15) is 0 Å². The summed E-state index contributed by atoms with van der Waals surface area (Å²) in [6, 6.07) is 6.72. The molecule has 21 heavy (non-hydrogen) atoms. The van der Waals surface area contributed by atoms with Gasteiger partial charge in [0.15, 0.2) is 0 Å². The van der Waals surface area contributed by atoms with Gasteiger partial charge < -0.3 is 5.73 Å². The van der Waals surface area contributed by atoms with Crippen LogP contribution in [0.4, 0.5) is 0 Å². The third-order valence-corrected chi connectivity index (χ3v) is 5.56. The van der Waals surface area contributed by atoms with E-state index < -0.39 is 10.0 Å². The van der Waals surface area contributed by atoms with E-state index in [4.69, 9.17) is 18.0 Å². The third-order valence-electron chi connectivity index (χ3n) is 3.98. The summed E-state index contributed by atoms with van der Waals surface area (Å²) in [5.41, 5.74) is 6.40. The normalized spacial score (nSPS) is 22.3. The zero-order valence-electron chi connectivity index (χ0n) is 12.2. The number of benzene rings is 1. The van der Waals surface area contributed by atoms with Crippen LogP contribution in [-0.4, -0.2) is 20.0 Å². The molecule has 0 bridgehead atoms. The summed E-state index contributed by atoms with van der Waals surface area (Å²) in [5, 5.41) is 0. The van der Waals surface area contributed by atoms with Gasteiger partial charge >= 0.3 is 0 Å². The molecule has 0 aliphatic heterocycles. The molecule has 2 unspecified atom stereocenters. The minimum absolute atomic E-state index is 0.292. The molecule has 1 aliphatic rings. The maximum Gasteiger partial charge on any atom is 0.240 e. The van der Waals surface area contributed by atoms with E-state index in [9.17, 15) is 8.42 Å². The van der Waals surface area contributed by atoms with Crippen LogP contribution in [0, 0.1) is 11.8 Å². The summed E-state index contributed by atoms with van der Waals surface area (Å²) in [6.45, 7) is 2.75. The molecule has 1 saturated carbocycles. The van der Waals surface area contributed by atoms with Crippen LogP contribution < -0.4 is 10.5 Å². The largest absolute Gasteiger partial charge is 0.393 e. The van der Waals surface area contributed by atoms with E-state index in [0.717, 1.165) is 18.4 Å². The molecule has 1 fully saturated rings. The average molecular weight is 326 g/mol. The van der Waals surface area contributed by atoms with Gasteiger partial charge in [0.2, 0.25) is 10.0 Å². The van der Waals surface area contributed by atoms with E-state index in [1.165, 1.54) is 6.42 Å². The number of thiocarbonyl (C=S) groups is 1. The van der Waals surface area contributed by atoms with Crippen LogP contribution in [0.1, 0.15) is 31.7 Å². The molecule has 1 aromatic rings. The molecular formula is C15H22N2O2S2. The van der Waals surface area contributed by atoms with Crippen LogP contribution in [0.25, 0.3) is 0 Å². The number of hydrogen-bond acceptors (Lipinski definition) is 3. The number of sulfonamides is 1. The average Bonchev–Trinajstić information content (AvgIpc) is 2.82. The zero-order valence-corrected chi connectivity index (χ0v) is 13.8. The number of hydrogen-bond donors (Lipinski definition) is 2. The van der Waals surface area contributed by atoms with Gasteiger partial charge in [0, 0.05) is 13.0 Å². The molecule has 0 amide bonds. The molecule has 2 atom stereocenters. The minimum Gasteiger partial charge on any atom is -0.393 e. The lowest BCUT2D eigenvalue weighted by atomic mass is 10.1. The first kappa shape index (κ1) is 16.4. The molecule has 1 aliphatic carbocycles. The summed E-state index contributed by atoms with van der Waals surface area (Å²) >= 11 is 4.84. The van der Waals surface area contributed by atoms with Crippen molar-refractivity contribution in [2.45, 2.75) is 37.5 Å². The second-order valence-electron chi connectivity index (χ2n) is 5.92. The van der Waals surface area contributed by atoms with Crippen LogP contribution in [0.15, 0.2) is 29.2 Å². The lowest BCUT2D eigenvalue weighted by molar-refractivity contribution is 0.498. The van der Waals surface area contributed by atoms with Gasteiger partial charge in [-0.25, -0.2) is 13.1 Å². The van der Waals surface area contributed by atoms with E-state index in [1.807, 2.05) is 0 Å². The van der Waals surface area contributed by atoms with Crippen molar-refractivity contribution in [3.63, 3.8) is 0 Å². The molecule has 6 heteroatoms. The van der Waals surface area contributed by atoms with Crippen molar-refractivity contribution in [3.05, 3.63) is 29.8 Å². The van der Waals surface area contributed by atoms with Gasteiger partial charge in [-0.05, 0) is 42.4 Å². The summed E-state index contributed by atoms with van der Waals surface area (Å²) in [6.07, 6.45) is 3.90. The van der Waals surface area contributed by atoms with E-state index in [1.54, 1.807) is 24.3 Å². The van der Waals surface area contributed by atoms with Crippen molar-refractivity contribution in [2.75, 3.05) is 6.54 Å². The van der Waals surface area contributed by atoms with Gasteiger partial charge in [-0.15, -0.1) is 0 Å². The Balaban J connectivity index is 1.97. The summed E-state index contributed by atoms with van der Waals surface area (Å²) in [4.78, 5) is 0.694. The molecule has 3 N–H and O–H groups in total. The summed E-state index contributed by atoms with van der Waals surface area (Å²) in [5.74, 6) is 1.17. The molecule has 2 rings (SSSR count). The standard InChI is InChI=1S/C15H22N2O2S2/c1-11-2-3-13(8-11)10-17-21(18,19)14-6-4-12(5-7-14)9-15(16)20/h4-7,11,13,17H,2-3,8-10H2,1H3,(H2,16,20). The second kappa shape index (κ2) is 6.85. The lowest BCUT2D eigenvalue weighted by Crippen LogP contribution is -2.28. The maximum absolute atomic E-state index is 12.2. The number of rotatable bonds is 6. The SMILES string of the molecule is CC1CCC(CNS(=O)(=O)c2ccc(CC(N)=S)cc2)C1. The second-order valence-corrected chi connectivity index (χ2v) is 8.21. The summed E-state index contributed by atoms with van der Waals surface area (Å²) < 4.78 is 27.2. The first-order chi connectivity index (χ1) is 9.87. The Morgan fingerprint density at radius 2 is 2.00 bits per heavy atom. The topological polar surface area (TPSA) is 72.2 Å². The van der Waals surface area contributed by atoms with Gasteiger partial charge in [0.05, 0.1) is 9.88 Å². The predicted octanol–water partition coefficient (Wildman–Crippen LogP) is 2.23. The Bertz CT molecular complexity index is 597. The first-order valence-corrected chi connectivity index (χ1v) is 9.13. The van der Waals surface area contributed by atoms with Crippen molar-refractivity contribution in [1.82, 2.24) is 4.72 Å². The van der Waals surface area contributed by atoms with Crippen molar-refractivity contribution < 1.29 is 8.42 Å². The highest BCUT2D eigenvalue weighted by atomic mass is 32.2. The van der Waals surface area contributed by atoms with E-state index in [2.05, 4.69) is 11.6 Å². The van der Waals surface area contributed by atoms with Crippen LogP contribution in [0.5, 0.6) is 0 Å². The zero-order chi connectivity index (χ0) is 15.5. The monoisotopic (exact) mass is 326 g/mol. The van der Waals surface area contributed by atoms with Crippen LogP contribution >= 0.6 is 12.2 Å². The van der Waals surface area contributed by atoms with Gasteiger partial charge in [-0.2, -0.15) is 0 Å². The lowest BCUT2D eigenvalue weighted by Gasteiger charge is -2.12. The van der Waals surface area contributed by atoms with Gasteiger partial charge in [-0.1, -0.05) is 37.7 Å². The number of nitrogens with one attached hydrogen (secondary N) is 1. The molecule has 0 radical (unpaired) electrons. The maximum atomic E-state index is 12.2. The highest BCUT2D eigenvalue weighted by Gasteiger charge is 2.23. The quantitative estimate of drug-likeness (QED) is 0.786. The molecule has 0 heterocycles. The summed E-state index contributed by atoms with van der Waals surface area (Å²) in [7, 11) is -3.42. The molecular weight excluding hydrogens is 304 g/mol. The molecule has 1 aromatic carbocycles. The highest BCUT2D eigenvalue weighted by Crippen LogP contribution is 2.29. The molecule has 116 valence electrons. The van der Waals surface area contributed by atoms with Crippen LogP contribution in [0.3, 0.4) is 0 Å². The fraction of sp³-hybridized carbons (Fsp3) is 0.533. The van der Waals surface area contributed by atoms with Crippen LogP contribution in [0.2, 0.25) is 0 Å². The number of nitrogens with two attached hydrogens (primary N) is 1. The van der Waals surface area contributed by atoms with Gasteiger partial charge in [-0.3, -0.25) is 0 Å². The Morgan fingerprint density at radius 3 is 2.52 bits per heavy atom. The smallest absolute Gasteiger partial charge is 0.240 e. The Labute approximate surface area is 132 Å². The molecule has 4 nitrogen and oxygen atoms in total. The Kier molecular flexibility index (Phi) is 5.35. The fourth-order valence-electron chi connectivity index (χ4n) is 2.81. The van der Waals surface area contributed by atoms with E-state index in [-0.39, 0.29) is 0 Å². The molecule has 0 spiro atoms. The van der Waals surface area contributed by atoms with Crippen molar-refractivity contribution in [3.8, 4) is 0 Å². The van der Waals surface area contributed by atoms with Crippen LogP contribution in [-0.2, 0) is 16.4 Å². The van der Waals surface area contributed by atoms with Gasteiger partial charge in [0.25, 0.3) is 0 Å². The Morgan fingerprint density at radius 1 is 1.33 bits per heavy atom. The van der Waals surface area contributed by atoms with E-state index in [0.29, 0.717) is 34.7 Å². The van der Waals surface area contributed by atoms with Crippen molar-refractivity contribution >= 4 is 27.2 Å². The predicted molar refractivity (Wildman–Crippen MR) is 88.6 cm³/mol. The van der Waals surface area contributed by atoms with Crippen molar-refractivity contribution in [1.29, 1.82) is 0 Å². The Hall–Kier alpha value is -0.980.